The molecule has 4 amide bonds. The van der Waals surface area contributed by atoms with Gasteiger partial charge in [-0.1, -0.05) is 31.5 Å². The van der Waals surface area contributed by atoms with Crippen LogP contribution in [0, 0.1) is 0 Å². The smallest absolute Gasteiger partial charge is 0.255 e. The summed E-state index contributed by atoms with van der Waals surface area (Å²) in [6.07, 6.45) is 2.31. The number of benzene rings is 2. The van der Waals surface area contributed by atoms with Gasteiger partial charge in [-0.15, -0.1) is 0 Å². The number of imide groups is 1. The molecule has 2 aliphatic heterocycles. The number of nitrogens with zero attached hydrogens (tertiary/aromatic N) is 1. The van der Waals surface area contributed by atoms with Gasteiger partial charge in [0, 0.05) is 29.8 Å². The van der Waals surface area contributed by atoms with Gasteiger partial charge in [0.2, 0.25) is 11.8 Å². The van der Waals surface area contributed by atoms with Crippen LogP contribution in [0.15, 0.2) is 42.5 Å². The molecule has 30 heavy (non-hydrogen) atoms. The van der Waals surface area contributed by atoms with Crippen molar-refractivity contribution in [2.45, 2.75) is 45.2 Å². The van der Waals surface area contributed by atoms with Gasteiger partial charge < -0.3 is 10.2 Å². The van der Waals surface area contributed by atoms with Crippen molar-refractivity contribution in [3.8, 4) is 0 Å². The lowest BCUT2D eigenvalue weighted by atomic mass is 10.0. The molecule has 2 heterocycles. The van der Waals surface area contributed by atoms with Crippen LogP contribution in [0.25, 0.3) is 0 Å². The molecule has 7 heteroatoms. The number of amides is 4. The van der Waals surface area contributed by atoms with Crippen LogP contribution in [0.1, 0.15) is 58.0 Å². The standard InChI is InChI=1S/C23H23N3O4/c1-2-5-14-6-3-4-7-17(14)21(28)24-16-8-9-18-15(12-16)13-26(23(18)30)19-10-11-20(27)25-22(19)29/h3-4,6-9,12,19H,2,5,10-11,13H2,1H3,(H,24,28)(H,25,27,29). The van der Waals surface area contributed by atoms with Crippen LogP contribution in [0.3, 0.4) is 0 Å². The minimum Gasteiger partial charge on any atom is -0.322 e. The summed E-state index contributed by atoms with van der Waals surface area (Å²) >= 11 is 0. The molecule has 2 aliphatic rings. The lowest BCUT2D eigenvalue weighted by Gasteiger charge is -2.29. The Balaban J connectivity index is 1.51. The van der Waals surface area contributed by atoms with Gasteiger partial charge in [-0.05, 0) is 48.2 Å². The maximum Gasteiger partial charge on any atom is 0.255 e. The molecule has 0 spiro atoms. The molecular formula is C23H23N3O4. The zero-order chi connectivity index (χ0) is 21.3. The highest BCUT2D eigenvalue weighted by Crippen LogP contribution is 2.29. The molecular weight excluding hydrogens is 382 g/mol. The van der Waals surface area contributed by atoms with Crippen LogP contribution in [0.2, 0.25) is 0 Å². The van der Waals surface area contributed by atoms with Crippen LogP contribution in [-0.4, -0.2) is 34.6 Å². The highest BCUT2D eigenvalue weighted by molar-refractivity contribution is 6.07. The van der Waals surface area contributed by atoms with Gasteiger partial charge in [-0.2, -0.15) is 0 Å². The Hall–Kier alpha value is -3.48. The van der Waals surface area contributed by atoms with Crippen LogP contribution in [-0.2, 0) is 22.6 Å². The van der Waals surface area contributed by atoms with Crippen molar-refractivity contribution in [3.63, 3.8) is 0 Å². The van der Waals surface area contributed by atoms with E-state index in [-0.39, 0.29) is 30.7 Å². The Bertz CT molecular complexity index is 1050. The Labute approximate surface area is 174 Å². The van der Waals surface area contributed by atoms with Crippen LogP contribution in [0.5, 0.6) is 0 Å². The predicted octanol–water partition coefficient (Wildman–Crippen LogP) is 2.65. The zero-order valence-electron chi connectivity index (χ0n) is 16.7. The normalized spacial score (nSPS) is 18.2. The van der Waals surface area contributed by atoms with Crippen molar-refractivity contribution in [2.75, 3.05) is 5.32 Å². The monoisotopic (exact) mass is 405 g/mol. The fraction of sp³-hybridized carbons (Fsp3) is 0.304. The van der Waals surface area contributed by atoms with E-state index in [1.807, 2.05) is 24.3 Å². The maximum absolute atomic E-state index is 12.8. The quantitative estimate of drug-likeness (QED) is 0.748. The van der Waals surface area contributed by atoms with E-state index < -0.39 is 11.9 Å². The largest absolute Gasteiger partial charge is 0.322 e. The summed E-state index contributed by atoms with van der Waals surface area (Å²) in [5, 5.41) is 5.21. The average molecular weight is 405 g/mol. The second-order valence-corrected chi connectivity index (χ2v) is 7.63. The van der Waals surface area contributed by atoms with Crippen molar-refractivity contribution in [3.05, 3.63) is 64.7 Å². The Morgan fingerprint density at radius 1 is 1.17 bits per heavy atom. The number of rotatable bonds is 5. The molecule has 154 valence electrons. The van der Waals surface area contributed by atoms with Gasteiger partial charge in [0.15, 0.2) is 0 Å². The SMILES string of the molecule is CCCc1ccccc1C(=O)Nc1ccc2c(c1)CN(C1CCC(=O)NC1=O)C2=O. The molecule has 0 saturated carbocycles. The lowest BCUT2D eigenvalue weighted by molar-refractivity contribution is -0.136. The van der Waals surface area contributed by atoms with Gasteiger partial charge >= 0.3 is 0 Å². The molecule has 1 atom stereocenters. The van der Waals surface area contributed by atoms with Crippen molar-refractivity contribution in [1.82, 2.24) is 10.2 Å². The molecule has 0 bridgehead atoms. The highest BCUT2D eigenvalue weighted by atomic mass is 16.2. The van der Waals surface area contributed by atoms with Crippen LogP contribution < -0.4 is 10.6 Å². The first-order valence-corrected chi connectivity index (χ1v) is 10.1. The Morgan fingerprint density at radius 2 is 1.97 bits per heavy atom. The molecule has 2 N–H and O–H groups in total. The maximum atomic E-state index is 12.8. The molecule has 2 aromatic rings. The fourth-order valence-corrected chi connectivity index (χ4v) is 4.08. The average Bonchev–Trinajstić information content (AvgIpc) is 3.04. The number of aryl methyl sites for hydroxylation is 1. The predicted molar refractivity (Wildman–Crippen MR) is 111 cm³/mol. The number of carbonyl (C=O) groups excluding carboxylic acids is 4. The molecule has 0 aromatic heterocycles. The number of carbonyl (C=O) groups is 4. The summed E-state index contributed by atoms with van der Waals surface area (Å²) in [6.45, 7) is 2.34. The summed E-state index contributed by atoms with van der Waals surface area (Å²) in [7, 11) is 0. The molecule has 1 fully saturated rings. The van der Waals surface area contributed by atoms with E-state index in [9.17, 15) is 19.2 Å². The fourth-order valence-electron chi connectivity index (χ4n) is 4.08. The third-order valence-corrected chi connectivity index (χ3v) is 5.56. The minimum absolute atomic E-state index is 0.189. The highest BCUT2D eigenvalue weighted by Gasteiger charge is 2.39. The van der Waals surface area contributed by atoms with E-state index in [1.165, 1.54) is 4.90 Å². The molecule has 1 unspecified atom stereocenters. The van der Waals surface area contributed by atoms with Gasteiger partial charge in [-0.25, -0.2) is 0 Å². The van der Waals surface area contributed by atoms with E-state index >= 15 is 0 Å². The van der Waals surface area contributed by atoms with Crippen molar-refractivity contribution >= 4 is 29.3 Å². The summed E-state index contributed by atoms with van der Waals surface area (Å²) < 4.78 is 0. The topological polar surface area (TPSA) is 95.6 Å². The second kappa shape index (κ2) is 8.10. The summed E-state index contributed by atoms with van der Waals surface area (Å²) in [5.41, 5.74) is 3.51. The number of piperidine rings is 1. The van der Waals surface area contributed by atoms with Gasteiger partial charge in [0.25, 0.3) is 11.8 Å². The summed E-state index contributed by atoms with van der Waals surface area (Å²) in [5.74, 6) is -1.17. The minimum atomic E-state index is -0.651. The molecule has 2 aromatic carbocycles. The van der Waals surface area contributed by atoms with E-state index in [0.29, 0.717) is 23.2 Å². The molecule has 1 saturated heterocycles. The number of fused-ring (bicyclic) bond motifs is 1. The van der Waals surface area contributed by atoms with E-state index in [2.05, 4.69) is 17.6 Å². The number of nitrogens with one attached hydrogen (secondary N) is 2. The third kappa shape index (κ3) is 3.70. The molecule has 7 nitrogen and oxygen atoms in total. The number of hydrogen-bond acceptors (Lipinski definition) is 4. The van der Waals surface area contributed by atoms with E-state index in [0.717, 1.165) is 24.0 Å². The van der Waals surface area contributed by atoms with Gasteiger partial charge in [-0.3, -0.25) is 24.5 Å². The van der Waals surface area contributed by atoms with Crippen LogP contribution >= 0.6 is 0 Å². The Morgan fingerprint density at radius 3 is 2.73 bits per heavy atom. The lowest BCUT2D eigenvalue weighted by Crippen LogP contribution is -2.52. The zero-order valence-corrected chi connectivity index (χ0v) is 16.7. The third-order valence-electron chi connectivity index (χ3n) is 5.56. The van der Waals surface area contributed by atoms with Crippen molar-refractivity contribution < 1.29 is 19.2 Å². The van der Waals surface area contributed by atoms with E-state index in [1.54, 1.807) is 18.2 Å². The number of hydrogen-bond donors (Lipinski definition) is 2. The molecule has 4 rings (SSSR count). The first kappa shape index (κ1) is 19.8. The first-order valence-electron chi connectivity index (χ1n) is 10.1. The van der Waals surface area contributed by atoms with Gasteiger partial charge in [0.05, 0.1) is 0 Å². The summed E-state index contributed by atoms with van der Waals surface area (Å²) in [4.78, 5) is 50.6. The van der Waals surface area contributed by atoms with Crippen molar-refractivity contribution in [2.24, 2.45) is 0 Å². The van der Waals surface area contributed by atoms with E-state index in [4.69, 9.17) is 0 Å². The summed E-state index contributed by atoms with van der Waals surface area (Å²) in [6, 6.07) is 12.0. The molecule has 0 radical (unpaired) electrons. The van der Waals surface area contributed by atoms with Crippen LogP contribution in [0.4, 0.5) is 5.69 Å². The first-order chi connectivity index (χ1) is 14.5. The van der Waals surface area contributed by atoms with Crippen molar-refractivity contribution in [1.29, 1.82) is 0 Å². The second-order valence-electron chi connectivity index (χ2n) is 7.63. The Kier molecular flexibility index (Phi) is 5.35. The number of anilines is 1. The molecule has 0 aliphatic carbocycles. The van der Waals surface area contributed by atoms with Gasteiger partial charge in [0.1, 0.15) is 6.04 Å².